The molecule has 0 amide bonds. The van der Waals surface area contributed by atoms with Gasteiger partial charge in [0.2, 0.25) is 0 Å². The third kappa shape index (κ3) is 4.10. The first-order chi connectivity index (χ1) is 13.7. The largest absolute Gasteiger partial charge is 0.257 e. The molecule has 1 aliphatic carbocycles. The van der Waals surface area contributed by atoms with E-state index in [1.165, 1.54) is 52.4 Å². The molecular formula is C26H28NP. The quantitative estimate of drug-likeness (QED) is 0.458. The minimum atomic E-state index is -0.455. The molecule has 1 atom stereocenters. The lowest BCUT2D eigenvalue weighted by Gasteiger charge is -2.33. The minimum absolute atomic E-state index is 0.455. The zero-order valence-corrected chi connectivity index (χ0v) is 17.7. The van der Waals surface area contributed by atoms with Gasteiger partial charge in [0.15, 0.2) is 0 Å². The van der Waals surface area contributed by atoms with E-state index in [2.05, 4.69) is 92.7 Å². The van der Waals surface area contributed by atoms with Crippen LogP contribution in [-0.4, -0.2) is 11.4 Å². The van der Waals surface area contributed by atoms with Crippen LogP contribution in [0.5, 0.6) is 0 Å². The highest BCUT2D eigenvalue weighted by molar-refractivity contribution is 7.74. The van der Waals surface area contributed by atoms with Gasteiger partial charge in [-0.05, 0) is 62.8 Å². The van der Waals surface area contributed by atoms with Crippen molar-refractivity contribution in [3.63, 3.8) is 0 Å². The molecule has 0 heterocycles. The predicted octanol–water partition coefficient (Wildman–Crippen LogP) is 6.45. The lowest BCUT2D eigenvalue weighted by atomic mass is 9.97. The summed E-state index contributed by atoms with van der Waals surface area (Å²) in [5, 5.41) is 2.93. The Morgan fingerprint density at radius 3 is 1.86 bits per heavy atom. The van der Waals surface area contributed by atoms with Gasteiger partial charge in [-0.25, -0.2) is 0 Å². The molecule has 0 N–H and O–H groups in total. The van der Waals surface area contributed by atoms with Crippen LogP contribution in [0.15, 0.2) is 83.9 Å². The average Bonchev–Trinajstić information content (AvgIpc) is 2.74. The number of aryl methyl sites for hydroxylation is 2. The van der Waals surface area contributed by atoms with E-state index in [4.69, 9.17) is 4.99 Å². The molecule has 142 valence electrons. The molecule has 0 aliphatic heterocycles. The molecule has 0 spiro atoms. The van der Waals surface area contributed by atoms with E-state index in [0.717, 1.165) is 6.42 Å². The summed E-state index contributed by atoms with van der Waals surface area (Å²) in [6.45, 7) is 4.36. The van der Waals surface area contributed by atoms with Crippen molar-refractivity contribution < 1.29 is 0 Å². The number of rotatable bonds is 4. The SMILES string of the molecule is Cc1cccc(C)c1N=C1CCCCC1P(c1ccccc1)c1ccccc1. The van der Waals surface area contributed by atoms with Crippen LogP contribution in [0.4, 0.5) is 5.69 Å². The van der Waals surface area contributed by atoms with E-state index in [1.54, 1.807) is 0 Å². The lowest BCUT2D eigenvalue weighted by molar-refractivity contribution is 0.672. The lowest BCUT2D eigenvalue weighted by Crippen LogP contribution is -2.31. The number of hydrogen-bond donors (Lipinski definition) is 0. The molecule has 0 saturated heterocycles. The van der Waals surface area contributed by atoms with Gasteiger partial charge in [0.05, 0.1) is 5.69 Å². The second kappa shape index (κ2) is 8.84. The van der Waals surface area contributed by atoms with Crippen LogP contribution in [0.25, 0.3) is 0 Å². The Hall–Kier alpha value is -2.24. The molecule has 1 unspecified atom stereocenters. The second-order valence-electron chi connectivity index (χ2n) is 7.65. The standard InChI is InChI=1S/C26H28NP/c1-20-12-11-13-21(2)26(20)27-24-18-9-10-19-25(24)28(22-14-5-3-6-15-22)23-16-7-4-8-17-23/h3-8,11-17,25H,9-10,18-19H2,1-2H3. The number of benzene rings is 3. The fourth-order valence-corrected chi connectivity index (χ4v) is 7.13. The van der Waals surface area contributed by atoms with Crippen LogP contribution in [0.2, 0.25) is 0 Å². The van der Waals surface area contributed by atoms with Gasteiger partial charge in [-0.2, -0.15) is 0 Å². The summed E-state index contributed by atoms with van der Waals surface area (Å²) in [5.74, 6) is 0. The van der Waals surface area contributed by atoms with Gasteiger partial charge in [0.25, 0.3) is 0 Å². The Labute approximate surface area is 170 Å². The van der Waals surface area contributed by atoms with Gasteiger partial charge in [0, 0.05) is 11.4 Å². The van der Waals surface area contributed by atoms with Crippen molar-refractivity contribution in [2.45, 2.75) is 45.2 Å². The fraction of sp³-hybridized carbons (Fsp3) is 0.269. The molecule has 28 heavy (non-hydrogen) atoms. The number of para-hydroxylation sites is 1. The van der Waals surface area contributed by atoms with Gasteiger partial charge in [-0.15, -0.1) is 0 Å². The van der Waals surface area contributed by atoms with Crippen molar-refractivity contribution in [3.05, 3.63) is 90.0 Å². The highest BCUT2D eigenvalue weighted by Gasteiger charge is 2.31. The Kier molecular flexibility index (Phi) is 6.03. The Morgan fingerprint density at radius 1 is 0.714 bits per heavy atom. The molecule has 0 aromatic heterocycles. The number of hydrogen-bond acceptors (Lipinski definition) is 1. The summed E-state index contributed by atoms with van der Waals surface area (Å²) in [7, 11) is -0.455. The van der Waals surface area contributed by atoms with Crippen LogP contribution < -0.4 is 10.6 Å². The minimum Gasteiger partial charge on any atom is -0.257 e. The maximum atomic E-state index is 5.30. The maximum Gasteiger partial charge on any atom is 0.0687 e. The van der Waals surface area contributed by atoms with E-state index in [9.17, 15) is 0 Å². The van der Waals surface area contributed by atoms with Crippen molar-refractivity contribution in [2.75, 3.05) is 0 Å². The first-order valence-electron chi connectivity index (χ1n) is 10.3. The number of aliphatic imine (C=N–C) groups is 1. The zero-order valence-electron chi connectivity index (χ0n) is 16.8. The van der Waals surface area contributed by atoms with Crippen molar-refractivity contribution >= 4 is 29.9 Å². The molecular weight excluding hydrogens is 357 g/mol. The Morgan fingerprint density at radius 2 is 1.29 bits per heavy atom. The van der Waals surface area contributed by atoms with E-state index in [0.29, 0.717) is 5.66 Å². The molecule has 1 fully saturated rings. The molecule has 1 saturated carbocycles. The fourth-order valence-electron chi connectivity index (χ4n) is 4.20. The van der Waals surface area contributed by atoms with Gasteiger partial charge in [-0.3, -0.25) is 4.99 Å². The second-order valence-corrected chi connectivity index (χ2v) is 10.0. The molecule has 1 aliphatic rings. The normalized spacial score (nSPS) is 18.5. The third-order valence-corrected chi connectivity index (χ3v) is 8.51. The average molecular weight is 385 g/mol. The topological polar surface area (TPSA) is 12.4 Å². The van der Waals surface area contributed by atoms with Crippen LogP contribution in [-0.2, 0) is 0 Å². The van der Waals surface area contributed by atoms with Crippen LogP contribution >= 0.6 is 7.92 Å². The van der Waals surface area contributed by atoms with Crippen LogP contribution in [0, 0.1) is 13.8 Å². The van der Waals surface area contributed by atoms with Gasteiger partial charge >= 0.3 is 0 Å². The first-order valence-corrected chi connectivity index (χ1v) is 11.7. The zero-order chi connectivity index (χ0) is 19.3. The maximum absolute atomic E-state index is 5.30. The molecule has 4 rings (SSSR count). The smallest absolute Gasteiger partial charge is 0.0687 e. The summed E-state index contributed by atoms with van der Waals surface area (Å²) in [4.78, 5) is 5.30. The monoisotopic (exact) mass is 385 g/mol. The predicted molar refractivity (Wildman–Crippen MR) is 124 cm³/mol. The summed E-state index contributed by atoms with van der Waals surface area (Å²) >= 11 is 0. The Balaban J connectivity index is 1.81. The molecule has 0 radical (unpaired) electrons. The summed E-state index contributed by atoms with van der Waals surface area (Å²) < 4.78 is 0. The first kappa shape index (κ1) is 19.1. The summed E-state index contributed by atoms with van der Waals surface area (Å²) in [6.07, 6.45) is 4.91. The van der Waals surface area contributed by atoms with Crippen molar-refractivity contribution in [2.24, 2.45) is 4.99 Å². The molecule has 0 bridgehead atoms. The van der Waals surface area contributed by atoms with Crippen LogP contribution in [0.3, 0.4) is 0 Å². The summed E-state index contributed by atoms with van der Waals surface area (Å²) in [5.41, 5.74) is 5.66. The van der Waals surface area contributed by atoms with E-state index < -0.39 is 7.92 Å². The van der Waals surface area contributed by atoms with E-state index >= 15 is 0 Å². The van der Waals surface area contributed by atoms with Crippen LogP contribution in [0.1, 0.15) is 36.8 Å². The number of nitrogens with zero attached hydrogens (tertiary/aromatic N) is 1. The van der Waals surface area contributed by atoms with Crippen molar-refractivity contribution in [3.8, 4) is 0 Å². The van der Waals surface area contributed by atoms with Gasteiger partial charge in [-0.1, -0.05) is 85.3 Å². The molecule has 3 aromatic carbocycles. The summed E-state index contributed by atoms with van der Waals surface area (Å²) in [6, 6.07) is 28.7. The van der Waals surface area contributed by atoms with Crippen molar-refractivity contribution in [1.29, 1.82) is 0 Å². The molecule has 1 nitrogen and oxygen atoms in total. The van der Waals surface area contributed by atoms with E-state index in [-0.39, 0.29) is 0 Å². The molecule has 2 heteroatoms. The highest BCUT2D eigenvalue weighted by atomic mass is 31.1. The van der Waals surface area contributed by atoms with Crippen molar-refractivity contribution in [1.82, 2.24) is 0 Å². The molecule has 3 aromatic rings. The third-order valence-electron chi connectivity index (χ3n) is 5.62. The Bertz CT molecular complexity index is 887. The highest BCUT2D eigenvalue weighted by Crippen LogP contribution is 2.46. The van der Waals surface area contributed by atoms with Gasteiger partial charge < -0.3 is 0 Å². The van der Waals surface area contributed by atoms with Gasteiger partial charge in [0.1, 0.15) is 0 Å². The van der Waals surface area contributed by atoms with E-state index in [1.807, 2.05) is 0 Å².